The number of carbonyl (C=O) groups excluding carboxylic acids is 1. The third kappa shape index (κ3) is 7.76. The quantitative estimate of drug-likeness (QED) is 0.652. The molecule has 0 atom stereocenters. The van der Waals surface area contributed by atoms with Crippen LogP contribution in [0.2, 0.25) is 0 Å². The van der Waals surface area contributed by atoms with E-state index in [2.05, 4.69) is 10.2 Å². The lowest BCUT2D eigenvalue weighted by Crippen LogP contribution is -2.38. The highest BCUT2D eigenvalue weighted by molar-refractivity contribution is 5.77. The minimum absolute atomic E-state index is 0.193. The van der Waals surface area contributed by atoms with E-state index in [0.717, 1.165) is 56.3 Å². The van der Waals surface area contributed by atoms with E-state index in [1.807, 2.05) is 24.3 Å². The molecule has 0 bridgehead atoms. The van der Waals surface area contributed by atoms with Gasteiger partial charge in [0, 0.05) is 26.2 Å². The molecule has 1 aliphatic rings. The Balaban J connectivity index is 1.38. The fourth-order valence-corrected chi connectivity index (χ4v) is 3.00. The van der Waals surface area contributed by atoms with Gasteiger partial charge < -0.3 is 19.5 Å². The van der Waals surface area contributed by atoms with E-state index in [9.17, 15) is 18.0 Å². The smallest absolute Gasteiger partial charge is 0.416 e. The SMILES string of the molecule is O=C(COc1ccc(C(F)(F)F)cc1)NCc1cccc(OCCN2CCOCC2)c1. The fourth-order valence-electron chi connectivity index (χ4n) is 3.00. The van der Waals surface area contributed by atoms with Crippen molar-refractivity contribution in [1.29, 1.82) is 0 Å². The number of ether oxygens (including phenoxy) is 3. The van der Waals surface area contributed by atoms with Crippen LogP contribution in [0.4, 0.5) is 13.2 Å². The Hall–Kier alpha value is -2.78. The van der Waals surface area contributed by atoms with Crippen molar-refractivity contribution in [1.82, 2.24) is 10.2 Å². The summed E-state index contributed by atoms with van der Waals surface area (Å²) in [6.07, 6.45) is -4.41. The molecular weight excluding hydrogens is 413 g/mol. The van der Waals surface area contributed by atoms with Gasteiger partial charge in [-0.15, -0.1) is 0 Å². The van der Waals surface area contributed by atoms with Gasteiger partial charge in [0.2, 0.25) is 0 Å². The van der Waals surface area contributed by atoms with Gasteiger partial charge in [-0.1, -0.05) is 12.1 Å². The first-order valence-corrected chi connectivity index (χ1v) is 9.99. The van der Waals surface area contributed by atoms with Crippen LogP contribution in [-0.2, 0) is 22.3 Å². The average Bonchev–Trinajstić information content (AvgIpc) is 2.77. The Morgan fingerprint density at radius 3 is 2.48 bits per heavy atom. The molecule has 2 aromatic carbocycles. The molecule has 3 rings (SSSR count). The van der Waals surface area contributed by atoms with E-state index in [1.54, 1.807) is 0 Å². The molecule has 0 aromatic heterocycles. The second-order valence-electron chi connectivity index (χ2n) is 7.04. The summed E-state index contributed by atoms with van der Waals surface area (Å²) in [4.78, 5) is 14.3. The van der Waals surface area contributed by atoms with Crippen molar-refractivity contribution in [3.8, 4) is 11.5 Å². The van der Waals surface area contributed by atoms with Gasteiger partial charge in [-0.25, -0.2) is 0 Å². The van der Waals surface area contributed by atoms with Gasteiger partial charge >= 0.3 is 6.18 Å². The summed E-state index contributed by atoms with van der Waals surface area (Å²) in [6, 6.07) is 11.6. The number of halogens is 3. The highest BCUT2D eigenvalue weighted by Crippen LogP contribution is 2.30. The molecule has 9 heteroatoms. The lowest BCUT2D eigenvalue weighted by molar-refractivity contribution is -0.137. The summed E-state index contributed by atoms with van der Waals surface area (Å²) in [5.41, 5.74) is 0.100. The molecule has 1 saturated heterocycles. The molecule has 168 valence electrons. The fraction of sp³-hybridized carbons (Fsp3) is 0.409. The molecule has 1 amide bonds. The minimum Gasteiger partial charge on any atom is -0.492 e. The van der Waals surface area contributed by atoms with Crippen LogP contribution < -0.4 is 14.8 Å². The van der Waals surface area contributed by atoms with Crippen molar-refractivity contribution in [3.63, 3.8) is 0 Å². The zero-order chi connectivity index (χ0) is 22.1. The van der Waals surface area contributed by atoms with E-state index in [4.69, 9.17) is 14.2 Å². The first-order chi connectivity index (χ1) is 14.9. The Bertz CT molecular complexity index is 837. The van der Waals surface area contributed by atoms with E-state index < -0.39 is 11.7 Å². The summed E-state index contributed by atoms with van der Waals surface area (Å²) >= 11 is 0. The van der Waals surface area contributed by atoms with Gasteiger partial charge in [-0.05, 0) is 42.0 Å². The Morgan fingerprint density at radius 1 is 1.03 bits per heavy atom. The number of morpholine rings is 1. The van der Waals surface area contributed by atoms with Crippen molar-refractivity contribution in [2.45, 2.75) is 12.7 Å². The van der Waals surface area contributed by atoms with Crippen molar-refractivity contribution < 1.29 is 32.2 Å². The van der Waals surface area contributed by atoms with E-state index >= 15 is 0 Å². The lowest BCUT2D eigenvalue weighted by atomic mass is 10.2. The summed E-state index contributed by atoms with van der Waals surface area (Å²) < 4.78 is 54.0. The zero-order valence-corrected chi connectivity index (χ0v) is 17.0. The summed E-state index contributed by atoms with van der Waals surface area (Å²) in [5, 5.41) is 2.72. The highest BCUT2D eigenvalue weighted by Gasteiger charge is 2.30. The molecular formula is C22H25F3N2O4. The molecule has 1 heterocycles. The minimum atomic E-state index is -4.41. The third-order valence-corrected chi connectivity index (χ3v) is 4.72. The number of benzene rings is 2. The summed E-state index contributed by atoms with van der Waals surface area (Å²) in [6.45, 7) is 4.70. The van der Waals surface area contributed by atoms with E-state index in [0.29, 0.717) is 6.61 Å². The molecule has 2 aromatic rings. The van der Waals surface area contributed by atoms with Crippen LogP contribution in [0.25, 0.3) is 0 Å². The summed E-state index contributed by atoms with van der Waals surface area (Å²) in [7, 11) is 0. The molecule has 1 fully saturated rings. The predicted molar refractivity (Wildman–Crippen MR) is 108 cm³/mol. The molecule has 1 aliphatic heterocycles. The Morgan fingerprint density at radius 2 is 1.77 bits per heavy atom. The summed E-state index contributed by atoms with van der Waals surface area (Å²) in [5.74, 6) is 0.540. The van der Waals surface area contributed by atoms with Gasteiger partial charge in [0.25, 0.3) is 5.91 Å². The second-order valence-corrected chi connectivity index (χ2v) is 7.04. The number of nitrogens with zero attached hydrogens (tertiary/aromatic N) is 1. The van der Waals surface area contributed by atoms with Gasteiger partial charge in [0.1, 0.15) is 18.1 Å². The highest BCUT2D eigenvalue weighted by atomic mass is 19.4. The largest absolute Gasteiger partial charge is 0.492 e. The maximum atomic E-state index is 12.6. The first kappa shape index (κ1) is 22.9. The molecule has 6 nitrogen and oxygen atoms in total. The van der Waals surface area contributed by atoms with Crippen LogP contribution in [0.1, 0.15) is 11.1 Å². The molecule has 0 spiro atoms. The second kappa shape index (κ2) is 11.0. The predicted octanol–water partition coefficient (Wildman–Crippen LogP) is 3.11. The maximum Gasteiger partial charge on any atom is 0.416 e. The lowest BCUT2D eigenvalue weighted by Gasteiger charge is -2.26. The van der Waals surface area contributed by atoms with Gasteiger partial charge in [-0.2, -0.15) is 13.2 Å². The third-order valence-electron chi connectivity index (χ3n) is 4.72. The van der Waals surface area contributed by atoms with Crippen LogP contribution in [0, 0.1) is 0 Å². The molecule has 1 N–H and O–H groups in total. The monoisotopic (exact) mass is 438 g/mol. The van der Waals surface area contributed by atoms with Gasteiger partial charge in [-0.3, -0.25) is 9.69 Å². The molecule has 0 aliphatic carbocycles. The molecule has 31 heavy (non-hydrogen) atoms. The van der Waals surface area contributed by atoms with Gasteiger partial charge in [0.15, 0.2) is 6.61 Å². The Labute approximate surface area is 178 Å². The van der Waals surface area contributed by atoms with Crippen LogP contribution in [0.5, 0.6) is 11.5 Å². The van der Waals surface area contributed by atoms with E-state index in [-0.39, 0.29) is 24.8 Å². The van der Waals surface area contributed by atoms with Crippen molar-refractivity contribution >= 4 is 5.91 Å². The maximum absolute atomic E-state index is 12.6. The standard InChI is InChI=1S/C22H25F3N2O4/c23-22(24,25)18-4-6-19(7-5-18)31-16-21(28)26-15-17-2-1-3-20(14-17)30-13-10-27-8-11-29-12-9-27/h1-7,14H,8-13,15-16H2,(H,26,28). The van der Waals surface area contributed by atoms with Gasteiger partial charge in [0.05, 0.1) is 18.8 Å². The van der Waals surface area contributed by atoms with Crippen molar-refractivity contribution in [2.75, 3.05) is 46.1 Å². The molecule has 0 radical (unpaired) electrons. The van der Waals surface area contributed by atoms with Crippen molar-refractivity contribution in [3.05, 3.63) is 59.7 Å². The normalized spacial score (nSPS) is 14.8. The average molecular weight is 438 g/mol. The number of alkyl halides is 3. The van der Waals surface area contributed by atoms with Crippen LogP contribution in [0.3, 0.4) is 0 Å². The number of carbonyl (C=O) groups is 1. The number of amides is 1. The van der Waals surface area contributed by atoms with Crippen LogP contribution >= 0.6 is 0 Å². The van der Waals surface area contributed by atoms with E-state index in [1.165, 1.54) is 12.1 Å². The number of hydrogen-bond donors (Lipinski definition) is 1. The Kier molecular flexibility index (Phi) is 8.13. The molecule has 0 unspecified atom stereocenters. The topological polar surface area (TPSA) is 60.0 Å². The molecule has 0 saturated carbocycles. The van der Waals surface area contributed by atoms with Crippen molar-refractivity contribution in [2.24, 2.45) is 0 Å². The number of rotatable bonds is 9. The zero-order valence-electron chi connectivity index (χ0n) is 17.0. The van der Waals surface area contributed by atoms with Crippen LogP contribution in [0.15, 0.2) is 48.5 Å². The van der Waals surface area contributed by atoms with Crippen LogP contribution in [-0.4, -0.2) is 56.9 Å². The number of hydrogen-bond acceptors (Lipinski definition) is 5. The number of nitrogens with one attached hydrogen (secondary N) is 1. The first-order valence-electron chi connectivity index (χ1n) is 9.99.